The van der Waals surface area contributed by atoms with Gasteiger partial charge >= 0.3 is 0 Å². The van der Waals surface area contributed by atoms with E-state index in [9.17, 15) is 9.18 Å². The normalized spacial score (nSPS) is 11.3. The number of aromatic amines is 2. The lowest BCUT2D eigenvalue weighted by Crippen LogP contribution is -2.07. The van der Waals surface area contributed by atoms with E-state index in [0.29, 0.717) is 22.5 Å². The van der Waals surface area contributed by atoms with Crippen molar-refractivity contribution in [2.45, 2.75) is 6.92 Å². The molecular weight excluding hydrogens is 383 g/mol. The van der Waals surface area contributed by atoms with Crippen LogP contribution in [0.5, 0.6) is 0 Å². The van der Waals surface area contributed by atoms with Crippen molar-refractivity contribution in [3.05, 3.63) is 83.8 Å². The summed E-state index contributed by atoms with van der Waals surface area (Å²) in [4.78, 5) is 23.5. The van der Waals surface area contributed by atoms with Crippen LogP contribution in [0.15, 0.2) is 60.9 Å². The lowest BCUT2D eigenvalue weighted by atomic mass is 10.1. The minimum absolute atomic E-state index is 0.216. The van der Waals surface area contributed by atoms with Crippen LogP contribution in [-0.2, 0) is 0 Å². The van der Waals surface area contributed by atoms with Crippen LogP contribution in [-0.4, -0.2) is 30.5 Å². The molecule has 0 fully saturated rings. The molecule has 30 heavy (non-hydrogen) atoms. The molecule has 0 aliphatic carbocycles. The lowest BCUT2D eigenvalue weighted by Gasteiger charge is -2.05. The molecule has 0 bridgehead atoms. The topological polar surface area (TPSA) is 105 Å². The SMILES string of the molecule is Cc1nc2cc(-n3ncc(C(=O)c4cc(-c5ccccc5F)c[nH]4)c3N)ccc2[nH]1. The fraction of sp³-hybridized carbons (Fsp3) is 0.0455. The smallest absolute Gasteiger partial charge is 0.214 e. The maximum Gasteiger partial charge on any atom is 0.214 e. The van der Waals surface area contributed by atoms with Crippen LogP contribution in [0.4, 0.5) is 10.2 Å². The second kappa shape index (κ2) is 6.70. The number of nitrogens with zero attached hydrogens (tertiary/aromatic N) is 3. The molecule has 3 heterocycles. The van der Waals surface area contributed by atoms with Crippen LogP contribution in [0.3, 0.4) is 0 Å². The predicted molar refractivity (Wildman–Crippen MR) is 112 cm³/mol. The Labute approximate surface area is 170 Å². The first-order valence-corrected chi connectivity index (χ1v) is 9.29. The molecule has 7 nitrogen and oxygen atoms in total. The van der Waals surface area contributed by atoms with Crippen molar-refractivity contribution >= 4 is 22.6 Å². The first kappa shape index (κ1) is 17.9. The highest BCUT2D eigenvalue weighted by atomic mass is 19.1. The Morgan fingerprint density at radius 3 is 2.83 bits per heavy atom. The first-order valence-electron chi connectivity index (χ1n) is 9.29. The van der Waals surface area contributed by atoms with Gasteiger partial charge in [0.25, 0.3) is 0 Å². The number of fused-ring (bicyclic) bond motifs is 1. The number of aryl methyl sites for hydroxylation is 1. The lowest BCUT2D eigenvalue weighted by molar-refractivity contribution is 0.103. The molecular formula is C22H17FN6O. The number of nitrogen functional groups attached to an aromatic ring is 1. The van der Waals surface area contributed by atoms with E-state index in [-0.39, 0.29) is 23.0 Å². The summed E-state index contributed by atoms with van der Waals surface area (Å²) in [5.74, 6) is 0.349. The van der Waals surface area contributed by atoms with E-state index in [2.05, 4.69) is 20.1 Å². The highest BCUT2D eigenvalue weighted by Crippen LogP contribution is 2.26. The van der Waals surface area contributed by atoms with Crippen molar-refractivity contribution in [1.29, 1.82) is 0 Å². The number of rotatable bonds is 4. The van der Waals surface area contributed by atoms with Crippen molar-refractivity contribution in [3.8, 4) is 16.8 Å². The molecule has 0 atom stereocenters. The number of H-pyrrole nitrogens is 2. The summed E-state index contributed by atoms with van der Waals surface area (Å²) in [6, 6.07) is 13.6. The molecule has 0 radical (unpaired) electrons. The van der Waals surface area contributed by atoms with Crippen LogP contribution in [0.25, 0.3) is 27.8 Å². The molecule has 0 amide bonds. The van der Waals surface area contributed by atoms with Gasteiger partial charge in [-0.2, -0.15) is 5.10 Å². The molecule has 3 aromatic heterocycles. The number of hydrogen-bond donors (Lipinski definition) is 3. The molecule has 0 aliphatic rings. The molecule has 0 saturated carbocycles. The maximum absolute atomic E-state index is 14.0. The zero-order chi connectivity index (χ0) is 20.8. The summed E-state index contributed by atoms with van der Waals surface area (Å²) in [5, 5.41) is 4.28. The Morgan fingerprint density at radius 2 is 2.00 bits per heavy atom. The van der Waals surface area contributed by atoms with E-state index in [0.717, 1.165) is 16.9 Å². The molecule has 4 N–H and O–H groups in total. The molecule has 5 rings (SSSR count). The first-order chi connectivity index (χ1) is 14.5. The Bertz CT molecular complexity index is 1410. The van der Waals surface area contributed by atoms with Crippen LogP contribution < -0.4 is 5.73 Å². The fourth-order valence-corrected chi connectivity index (χ4v) is 3.51. The van der Waals surface area contributed by atoms with Crippen molar-refractivity contribution < 1.29 is 9.18 Å². The van der Waals surface area contributed by atoms with Gasteiger partial charge in [-0.1, -0.05) is 18.2 Å². The Balaban J connectivity index is 1.49. The number of carbonyl (C=O) groups excluding carboxylic acids is 1. The number of carbonyl (C=O) groups is 1. The average molecular weight is 400 g/mol. The van der Waals surface area contributed by atoms with Crippen molar-refractivity contribution in [3.63, 3.8) is 0 Å². The van der Waals surface area contributed by atoms with Crippen molar-refractivity contribution in [1.82, 2.24) is 24.7 Å². The number of aromatic nitrogens is 5. The Kier molecular flexibility index (Phi) is 3.99. The zero-order valence-electron chi connectivity index (χ0n) is 16.0. The van der Waals surface area contributed by atoms with Gasteiger partial charge in [0.15, 0.2) is 0 Å². The summed E-state index contributed by atoms with van der Waals surface area (Å²) in [5.41, 5.74) is 10.2. The van der Waals surface area contributed by atoms with Gasteiger partial charge in [-0.3, -0.25) is 4.79 Å². The number of imidazole rings is 1. The number of benzene rings is 2. The quantitative estimate of drug-likeness (QED) is 0.397. The summed E-state index contributed by atoms with van der Waals surface area (Å²) >= 11 is 0. The summed E-state index contributed by atoms with van der Waals surface area (Å²) in [7, 11) is 0. The third-order valence-electron chi connectivity index (χ3n) is 4.99. The van der Waals surface area contributed by atoms with Crippen LogP contribution in [0.1, 0.15) is 21.9 Å². The van der Waals surface area contributed by atoms with Gasteiger partial charge in [-0.15, -0.1) is 0 Å². The van der Waals surface area contributed by atoms with E-state index >= 15 is 0 Å². The Morgan fingerprint density at radius 1 is 1.17 bits per heavy atom. The fourth-order valence-electron chi connectivity index (χ4n) is 3.51. The van der Waals surface area contributed by atoms with Crippen LogP contribution in [0.2, 0.25) is 0 Å². The summed E-state index contributed by atoms with van der Waals surface area (Å²) in [6.07, 6.45) is 3.03. The van der Waals surface area contributed by atoms with E-state index in [1.165, 1.54) is 16.9 Å². The van der Waals surface area contributed by atoms with E-state index < -0.39 is 0 Å². The third-order valence-corrected chi connectivity index (χ3v) is 4.99. The minimum atomic E-state index is -0.355. The van der Waals surface area contributed by atoms with Crippen molar-refractivity contribution in [2.75, 3.05) is 5.73 Å². The largest absolute Gasteiger partial charge is 0.383 e. The van der Waals surface area contributed by atoms with Gasteiger partial charge in [0.1, 0.15) is 17.5 Å². The van der Waals surface area contributed by atoms with Gasteiger partial charge < -0.3 is 15.7 Å². The molecule has 0 unspecified atom stereocenters. The van der Waals surface area contributed by atoms with Gasteiger partial charge in [0.05, 0.1) is 34.2 Å². The number of halogens is 1. The highest BCUT2D eigenvalue weighted by Gasteiger charge is 2.20. The second-order valence-corrected chi connectivity index (χ2v) is 6.99. The zero-order valence-corrected chi connectivity index (χ0v) is 16.0. The molecule has 8 heteroatoms. The van der Waals surface area contributed by atoms with Crippen molar-refractivity contribution in [2.24, 2.45) is 0 Å². The number of anilines is 1. The van der Waals surface area contributed by atoms with Gasteiger partial charge in [-0.25, -0.2) is 14.1 Å². The Hall–Kier alpha value is -4.20. The molecule has 2 aromatic carbocycles. The number of nitrogens with one attached hydrogen (secondary N) is 2. The molecule has 0 saturated heterocycles. The van der Waals surface area contributed by atoms with Gasteiger partial charge in [-0.05, 0) is 37.3 Å². The number of nitrogens with two attached hydrogens (primary N) is 1. The third kappa shape index (κ3) is 2.86. The summed E-state index contributed by atoms with van der Waals surface area (Å²) < 4.78 is 15.5. The van der Waals surface area contributed by atoms with E-state index in [1.54, 1.807) is 30.5 Å². The average Bonchev–Trinajstić information content (AvgIpc) is 3.45. The van der Waals surface area contributed by atoms with Gasteiger partial charge in [0.2, 0.25) is 5.78 Å². The van der Waals surface area contributed by atoms with E-state index in [4.69, 9.17) is 5.73 Å². The molecule has 0 aliphatic heterocycles. The number of hydrogen-bond acceptors (Lipinski definition) is 4. The standard InChI is InChI=1S/C22H17FN6O/c1-12-27-18-7-6-14(9-19(18)28-12)29-22(24)16(11-26-29)21(30)20-8-13(10-25-20)15-4-2-3-5-17(15)23/h2-11,25H,24H2,1H3,(H,27,28). The molecule has 0 spiro atoms. The van der Waals surface area contributed by atoms with Gasteiger partial charge in [0, 0.05) is 17.3 Å². The minimum Gasteiger partial charge on any atom is -0.383 e. The summed E-state index contributed by atoms with van der Waals surface area (Å²) in [6.45, 7) is 1.88. The highest BCUT2D eigenvalue weighted by molar-refractivity contribution is 6.11. The van der Waals surface area contributed by atoms with E-state index in [1.807, 2.05) is 25.1 Å². The van der Waals surface area contributed by atoms with Crippen LogP contribution in [0, 0.1) is 12.7 Å². The molecule has 5 aromatic rings. The second-order valence-electron chi connectivity index (χ2n) is 6.99. The molecule has 148 valence electrons. The monoisotopic (exact) mass is 400 g/mol. The van der Waals surface area contributed by atoms with Crippen LogP contribution >= 0.6 is 0 Å². The maximum atomic E-state index is 14.0. The predicted octanol–water partition coefficient (Wildman–Crippen LogP) is 4.00. The number of ketones is 1.